The second-order valence-corrected chi connectivity index (χ2v) is 0.651. The van der Waals surface area contributed by atoms with Crippen molar-refractivity contribution in [1.29, 1.82) is 0 Å². The molecule has 0 radical (unpaired) electrons. The summed E-state index contributed by atoms with van der Waals surface area (Å²) < 4.78 is 24.1. The van der Waals surface area contributed by atoms with E-state index in [1.165, 1.54) is 0 Å². The number of rotatable bonds is 0. The van der Waals surface area contributed by atoms with Crippen LogP contribution in [-0.2, 0) is 11.4 Å². The largest absolute Gasteiger partial charge is 1.00 e. The van der Waals surface area contributed by atoms with Crippen LogP contribution < -0.4 is 51.4 Å². The molecule has 0 aliphatic rings. The van der Waals surface area contributed by atoms with Crippen LogP contribution in [0.25, 0.3) is 0 Å². The van der Waals surface area contributed by atoms with Gasteiger partial charge in [0.25, 0.3) is 0 Å². The van der Waals surface area contributed by atoms with Gasteiger partial charge in [-0.25, -0.2) is 4.21 Å². The van der Waals surface area contributed by atoms with Gasteiger partial charge in [-0.2, -0.15) is 0 Å². The summed E-state index contributed by atoms with van der Waals surface area (Å²) in [7, 11) is 0. The zero-order valence-electron chi connectivity index (χ0n) is 3.12. The summed E-state index contributed by atoms with van der Waals surface area (Å²) in [5, 5.41) is 0. The molecule has 0 saturated carbocycles. The summed E-state index contributed by atoms with van der Waals surface area (Å²) >= 11 is -2.86. The molecule has 0 heterocycles. The van der Waals surface area contributed by atoms with Crippen LogP contribution in [0.1, 0.15) is 0 Å². The first-order chi connectivity index (χ1) is 1.73. The van der Waals surface area contributed by atoms with Crippen molar-refractivity contribution in [3.8, 4) is 0 Å². The fraction of sp³-hybridized carbons (Fsp3) is 0. The summed E-state index contributed by atoms with van der Waals surface area (Å²) in [5.74, 6) is 0. The van der Waals surface area contributed by atoms with Gasteiger partial charge >= 0.3 is 51.4 Å². The van der Waals surface area contributed by atoms with Gasteiger partial charge in [0.1, 0.15) is 0 Å². The Labute approximate surface area is 80.2 Å². The molecule has 0 saturated heterocycles. The summed E-state index contributed by atoms with van der Waals surface area (Å²) in [4.78, 5) is 0. The Morgan fingerprint density at radius 3 is 1.67 bits per heavy atom. The van der Waals surface area contributed by atoms with Crippen LogP contribution in [0.4, 0.5) is 0 Å². The Hall–Kier alpha value is 1.67. The Morgan fingerprint density at radius 2 is 1.67 bits per heavy atom. The molecule has 6 heavy (non-hydrogen) atoms. The molecule has 34 valence electrons. The van der Waals surface area contributed by atoms with Crippen LogP contribution in [0.2, 0.25) is 0 Å². The van der Waals surface area contributed by atoms with Gasteiger partial charge in [-0.05, 0) is 0 Å². The van der Waals surface area contributed by atoms with Gasteiger partial charge < -0.3 is 14.6 Å². The standard InChI is InChI=1S/K.H2O3S.H2O/c;1-4(2)3;/h;(H2,1,2,3);1H2/q+1;;/p-2. The molecule has 1 atom stereocenters. The molecule has 0 aromatic heterocycles. The SMILES string of the molecule is O=S([O-])O.[K+].[OH-]. The van der Waals surface area contributed by atoms with Crippen molar-refractivity contribution in [2.24, 2.45) is 0 Å². The molecule has 0 fully saturated rings. The molecule has 2 N–H and O–H groups in total. The maximum absolute atomic E-state index is 8.56. The van der Waals surface area contributed by atoms with Gasteiger partial charge in [-0.15, -0.1) is 0 Å². The second kappa shape index (κ2) is 9.83. The first kappa shape index (κ1) is 15.6. The van der Waals surface area contributed by atoms with Crippen molar-refractivity contribution < 1.29 is 70.2 Å². The van der Waals surface area contributed by atoms with Crippen LogP contribution in [0, 0.1) is 0 Å². The minimum absolute atomic E-state index is 0. The molecule has 0 aromatic rings. The van der Waals surface area contributed by atoms with Crippen LogP contribution >= 0.6 is 0 Å². The minimum atomic E-state index is -2.86. The van der Waals surface area contributed by atoms with Crippen LogP contribution in [-0.4, -0.2) is 18.8 Å². The molecule has 4 nitrogen and oxygen atoms in total. The van der Waals surface area contributed by atoms with Crippen molar-refractivity contribution in [1.82, 2.24) is 0 Å². The number of hydrogen-bond acceptors (Lipinski definition) is 3. The van der Waals surface area contributed by atoms with Gasteiger partial charge in [-0.3, -0.25) is 0 Å². The van der Waals surface area contributed by atoms with E-state index in [2.05, 4.69) is 0 Å². The van der Waals surface area contributed by atoms with E-state index in [0.29, 0.717) is 0 Å². The summed E-state index contributed by atoms with van der Waals surface area (Å²) in [6.07, 6.45) is 0. The first-order valence-corrected chi connectivity index (χ1v) is 1.55. The van der Waals surface area contributed by atoms with Crippen LogP contribution in [0.3, 0.4) is 0 Å². The maximum atomic E-state index is 8.56. The van der Waals surface area contributed by atoms with Crippen molar-refractivity contribution in [2.45, 2.75) is 0 Å². The Bertz CT molecular complexity index is 30.5. The zero-order chi connectivity index (χ0) is 3.58. The molecule has 1 unspecified atom stereocenters. The quantitative estimate of drug-likeness (QED) is 0.273. The maximum Gasteiger partial charge on any atom is 1.00 e. The third-order valence-corrected chi connectivity index (χ3v) is 0. The molecule has 6 heteroatoms. The summed E-state index contributed by atoms with van der Waals surface area (Å²) in [6.45, 7) is 0. The van der Waals surface area contributed by atoms with Crippen molar-refractivity contribution in [3.63, 3.8) is 0 Å². The predicted molar refractivity (Wildman–Crippen MR) is 13.5 cm³/mol. The van der Waals surface area contributed by atoms with Gasteiger partial charge in [0, 0.05) is 0 Å². The predicted octanol–water partition coefficient (Wildman–Crippen LogP) is -3.83. The molecule has 0 amide bonds. The average Bonchev–Trinajstić information content (AvgIpc) is 0.811. The molecular formula is H2KO4S-. The molecule has 0 aliphatic heterocycles. The van der Waals surface area contributed by atoms with E-state index in [4.69, 9.17) is 13.3 Å². The monoisotopic (exact) mass is 137 g/mol. The molecular weight excluding hydrogens is 135 g/mol. The van der Waals surface area contributed by atoms with Crippen molar-refractivity contribution in [2.75, 3.05) is 0 Å². The Kier molecular flexibility index (Phi) is 25.6. The fourth-order valence-corrected chi connectivity index (χ4v) is 0. The summed E-state index contributed by atoms with van der Waals surface area (Å²) in [5.41, 5.74) is 0. The van der Waals surface area contributed by atoms with Crippen LogP contribution in [0.5, 0.6) is 0 Å². The van der Waals surface area contributed by atoms with E-state index in [1.54, 1.807) is 0 Å². The van der Waals surface area contributed by atoms with Gasteiger partial charge in [0.05, 0.1) is 11.4 Å². The zero-order valence-corrected chi connectivity index (χ0v) is 7.06. The van der Waals surface area contributed by atoms with Gasteiger partial charge in [0.15, 0.2) is 0 Å². The topological polar surface area (TPSA) is 90.4 Å². The molecule has 0 spiro atoms. The van der Waals surface area contributed by atoms with E-state index in [9.17, 15) is 0 Å². The van der Waals surface area contributed by atoms with Gasteiger partial charge in [-0.1, -0.05) is 0 Å². The molecule has 0 bridgehead atoms. The van der Waals surface area contributed by atoms with Crippen molar-refractivity contribution in [3.05, 3.63) is 0 Å². The van der Waals surface area contributed by atoms with Gasteiger partial charge in [0.2, 0.25) is 0 Å². The van der Waals surface area contributed by atoms with Crippen molar-refractivity contribution >= 4 is 11.4 Å². The smallest absolute Gasteiger partial charge is 0.870 e. The van der Waals surface area contributed by atoms with E-state index in [1.807, 2.05) is 0 Å². The normalized spacial score (nSPS) is 10.3. The first-order valence-electron chi connectivity index (χ1n) is 0.516. The second-order valence-electron chi connectivity index (χ2n) is 0.217. The minimum Gasteiger partial charge on any atom is -0.870 e. The third kappa shape index (κ3) is 44.4. The van der Waals surface area contributed by atoms with E-state index >= 15 is 0 Å². The summed E-state index contributed by atoms with van der Waals surface area (Å²) in [6, 6.07) is 0. The molecule has 0 aromatic carbocycles. The van der Waals surface area contributed by atoms with E-state index in [-0.39, 0.29) is 56.9 Å². The van der Waals surface area contributed by atoms with E-state index in [0.717, 1.165) is 0 Å². The Morgan fingerprint density at radius 1 is 1.67 bits per heavy atom. The Balaban J connectivity index is -0.0000000450. The molecule has 0 rings (SSSR count). The fourth-order valence-electron chi connectivity index (χ4n) is 0. The van der Waals surface area contributed by atoms with E-state index < -0.39 is 11.4 Å². The number of hydrogen-bond donors (Lipinski definition) is 1. The average molecular weight is 137 g/mol. The van der Waals surface area contributed by atoms with Crippen LogP contribution in [0.15, 0.2) is 0 Å². The molecule has 0 aliphatic carbocycles. The third-order valence-electron chi connectivity index (χ3n) is 0.